The summed E-state index contributed by atoms with van der Waals surface area (Å²) in [5.74, 6) is 0.0559. The highest BCUT2D eigenvalue weighted by Crippen LogP contribution is 2.31. The lowest BCUT2D eigenvalue weighted by Crippen LogP contribution is -2.54. The molecule has 0 aromatic heterocycles. The lowest BCUT2D eigenvalue weighted by Gasteiger charge is -2.34. The van der Waals surface area contributed by atoms with Gasteiger partial charge >= 0.3 is 0 Å². The molecule has 43 heavy (non-hydrogen) atoms. The summed E-state index contributed by atoms with van der Waals surface area (Å²) < 4.78 is 31.9. The zero-order chi connectivity index (χ0) is 31.8. The molecular formula is C32H39Cl2N3O5S. The summed E-state index contributed by atoms with van der Waals surface area (Å²) in [7, 11) is -2.17. The molecule has 3 aromatic carbocycles. The van der Waals surface area contributed by atoms with Gasteiger partial charge in [0.1, 0.15) is 11.8 Å². The van der Waals surface area contributed by atoms with Crippen LogP contribution < -0.4 is 14.4 Å². The molecule has 3 aromatic rings. The van der Waals surface area contributed by atoms with E-state index in [0.717, 1.165) is 21.7 Å². The fraction of sp³-hybridized carbons (Fsp3) is 0.375. The average Bonchev–Trinajstić information content (AvgIpc) is 2.93. The zero-order valence-corrected chi connectivity index (χ0v) is 27.5. The number of methoxy groups -OCH3 is 1. The monoisotopic (exact) mass is 647 g/mol. The van der Waals surface area contributed by atoms with E-state index in [4.69, 9.17) is 27.9 Å². The summed E-state index contributed by atoms with van der Waals surface area (Å²) in [4.78, 5) is 29.3. The Kier molecular flexibility index (Phi) is 11.9. The van der Waals surface area contributed by atoms with Crippen molar-refractivity contribution in [3.8, 4) is 5.75 Å². The van der Waals surface area contributed by atoms with Crippen LogP contribution in [0.15, 0.2) is 72.8 Å². The largest absolute Gasteiger partial charge is 0.497 e. The van der Waals surface area contributed by atoms with Crippen LogP contribution in [0.1, 0.15) is 44.7 Å². The van der Waals surface area contributed by atoms with Gasteiger partial charge in [-0.2, -0.15) is 0 Å². The van der Waals surface area contributed by atoms with Crippen LogP contribution in [0.3, 0.4) is 0 Å². The number of ether oxygens (including phenoxy) is 1. The second-order valence-electron chi connectivity index (χ2n) is 11.4. The van der Waals surface area contributed by atoms with E-state index in [0.29, 0.717) is 17.2 Å². The highest BCUT2D eigenvalue weighted by Gasteiger charge is 2.32. The summed E-state index contributed by atoms with van der Waals surface area (Å²) >= 11 is 12.4. The van der Waals surface area contributed by atoms with Gasteiger partial charge in [-0.3, -0.25) is 13.9 Å². The first-order valence-corrected chi connectivity index (χ1v) is 16.5. The topological polar surface area (TPSA) is 96.0 Å². The van der Waals surface area contributed by atoms with Crippen LogP contribution >= 0.6 is 23.2 Å². The van der Waals surface area contributed by atoms with Gasteiger partial charge in [0.25, 0.3) is 0 Å². The van der Waals surface area contributed by atoms with Crippen molar-refractivity contribution in [1.82, 2.24) is 10.2 Å². The normalized spacial score (nSPS) is 12.3. The summed E-state index contributed by atoms with van der Waals surface area (Å²) in [6, 6.07) is 20.6. The number of carbonyl (C=O) groups is 2. The number of nitrogens with zero attached hydrogens (tertiary/aromatic N) is 2. The van der Waals surface area contributed by atoms with Crippen molar-refractivity contribution in [2.24, 2.45) is 0 Å². The fourth-order valence-corrected chi connectivity index (χ4v) is 6.04. The molecule has 0 bridgehead atoms. The number of nitrogens with one attached hydrogen (secondary N) is 1. The number of hydrogen-bond donors (Lipinski definition) is 1. The minimum atomic E-state index is -3.74. The van der Waals surface area contributed by atoms with Crippen LogP contribution in [0.2, 0.25) is 10.0 Å². The van der Waals surface area contributed by atoms with E-state index in [-0.39, 0.29) is 48.5 Å². The standard InChI is InChI=1S/C32H39Cl2N3O5S/c1-32(2,3)35-31(39)29(20-23-11-7-6-8-12-23)36(22-24-13-9-14-26(19-24)42-4)30(38)15-10-18-37(43(5,40)41)28-21-25(33)16-17-27(28)34/h6-9,11-14,16-17,19,21,29H,10,15,18,20,22H2,1-5H3,(H,35,39). The van der Waals surface area contributed by atoms with Crippen molar-refractivity contribution < 1.29 is 22.7 Å². The molecule has 0 aliphatic rings. The van der Waals surface area contributed by atoms with Crippen molar-refractivity contribution in [1.29, 1.82) is 0 Å². The number of carbonyl (C=O) groups excluding carboxylic acids is 2. The molecule has 0 heterocycles. The van der Waals surface area contributed by atoms with Gasteiger partial charge in [-0.25, -0.2) is 8.42 Å². The van der Waals surface area contributed by atoms with Crippen molar-refractivity contribution in [3.63, 3.8) is 0 Å². The Morgan fingerprint density at radius 3 is 2.26 bits per heavy atom. The maximum atomic E-state index is 14.0. The van der Waals surface area contributed by atoms with E-state index in [9.17, 15) is 18.0 Å². The van der Waals surface area contributed by atoms with E-state index in [1.165, 1.54) is 12.1 Å². The molecule has 2 amide bonds. The molecule has 1 unspecified atom stereocenters. The Labute approximate surface area is 265 Å². The van der Waals surface area contributed by atoms with Crippen molar-refractivity contribution >= 4 is 50.7 Å². The molecule has 3 rings (SSSR count). The van der Waals surface area contributed by atoms with Crippen LogP contribution in [-0.2, 0) is 32.6 Å². The van der Waals surface area contributed by atoms with Crippen LogP contribution in [0.25, 0.3) is 0 Å². The van der Waals surface area contributed by atoms with Crippen LogP contribution in [0.5, 0.6) is 5.75 Å². The molecular weight excluding hydrogens is 609 g/mol. The van der Waals surface area contributed by atoms with Crippen LogP contribution in [0, 0.1) is 0 Å². The average molecular weight is 649 g/mol. The van der Waals surface area contributed by atoms with Gasteiger partial charge in [0.15, 0.2) is 0 Å². The predicted octanol–water partition coefficient (Wildman–Crippen LogP) is 6.10. The molecule has 11 heteroatoms. The molecule has 0 aliphatic carbocycles. The Bertz CT molecular complexity index is 1510. The molecule has 232 valence electrons. The van der Waals surface area contributed by atoms with Gasteiger partial charge in [0.2, 0.25) is 21.8 Å². The van der Waals surface area contributed by atoms with E-state index in [1.54, 1.807) is 18.1 Å². The number of halogens is 2. The molecule has 1 atom stereocenters. The third-order valence-corrected chi connectivity index (χ3v) is 8.32. The second-order valence-corrected chi connectivity index (χ2v) is 14.1. The van der Waals surface area contributed by atoms with E-state index >= 15 is 0 Å². The van der Waals surface area contributed by atoms with Gasteiger partial charge in [-0.05, 0) is 68.7 Å². The molecule has 0 spiro atoms. The minimum Gasteiger partial charge on any atom is -0.497 e. The van der Waals surface area contributed by atoms with Crippen LogP contribution in [-0.4, -0.2) is 56.6 Å². The minimum absolute atomic E-state index is 0.00479. The molecule has 0 aliphatic heterocycles. The molecule has 0 saturated carbocycles. The second kappa shape index (κ2) is 14.9. The molecule has 0 saturated heterocycles. The number of benzene rings is 3. The molecule has 8 nitrogen and oxygen atoms in total. The number of hydrogen-bond acceptors (Lipinski definition) is 5. The van der Waals surface area contributed by atoms with E-state index < -0.39 is 21.6 Å². The van der Waals surface area contributed by atoms with Crippen molar-refractivity contribution in [2.75, 3.05) is 24.2 Å². The van der Waals surface area contributed by atoms with E-state index in [2.05, 4.69) is 5.32 Å². The Balaban J connectivity index is 1.94. The lowest BCUT2D eigenvalue weighted by atomic mass is 10.00. The smallest absolute Gasteiger partial charge is 0.243 e. The maximum Gasteiger partial charge on any atom is 0.243 e. The number of anilines is 1. The Morgan fingerprint density at radius 2 is 1.63 bits per heavy atom. The number of amides is 2. The number of sulfonamides is 1. The fourth-order valence-electron chi connectivity index (χ4n) is 4.63. The van der Waals surface area contributed by atoms with Crippen LogP contribution in [0.4, 0.5) is 5.69 Å². The predicted molar refractivity (Wildman–Crippen MR) is 173 cm³/mol. The highest BCUT2D eigenvalue weighted by molar-refractivity contribution is 7.92. The first-order valence-electron chi connectivity index (χ1n) is 13.9. The first kappa shape index (κ1) is 34.2. The van der Waals surface area contributed by atoms with Gasteiger partial charge in [-0.15, -0.1) is 0 Å². The van der Waals surface area contributed by atoms with Crippen molar-refractivity contribution in [3.05, 3.63) is 94.0 Å². The SMILES string of the molecule is COc1cccc(CN(C(=O)CCCN(c2cc(Cl)ccc2Cl)S(C)(=O)=O)C(Cc2ccccc2)C(=O)NC(C)(C)C)c1. The molecule has 1 N–H and O–H groups in total. The first-order chi connectivity index (χ1) is 20.2. The quantitative estimate of drug-likeness (QED) is 0.242. The van der Waals surface area contributed by atoms with Gasteiger partial charge in [-0.1, -0.05) is 65.7 Å². The Morgan fingerprint density at radius 1 is 0.953 bits per heavy atom. The molecule has 0 radical (unpaired) electrons. The third kappa shape index (κ3) is 10.4. The molecule has 0 fully saturated rings. The van der Waals surface area contributed by atoms with Gasteiger partial charge in [0, 0.05) is 36.5 Å². The zero-order valence-electron chi connectivity index (χ0n) is 25.1. The Hall–Kier alpha value is -3.27. The lowest BCUT2D eigenvalue weighted by molar-refractivity contribution is -0.142. The summed E-state index contributed by atoms with van der Waals surface area (Å²) in [5, 5.41) is 3.60. The number of rotatable bonds is 13. The highest BCUT2D eigenvalue weighted by atomic mass is 35.5. The van der Waals surface area contributed by atoms with Crippen molar-refractivity contribution in [2.45, 2.75) is 58.2 Å². The summed E-state index contributed by atoms with van der Waals surface area (Å²) in [5.41, 5.74) is 1.41. The summed E-state index contributed by atoms with van der Waals surface area (Å²) in [6.45, 7) is 5.81. The third-order valence-electron chi connectivity index (χ3n) is 6.59. The van der Waals surface area contributed by atoms with Gasteiger partial charge in [0.05, 0.1) is 24.1 Å². The van der Waals surface area contributed by atoms with E-state index in [1.807, 2.05) is 75.4 Å². The maximum absolute atomic E-state index is 14.0. The summed E-state index contributed by atoms with van der Waals surface area (Å²) in [6.07, 6.45) is 1.55. The van der Waals surface area contributed by atoms with Gasteiger partial charge < -0.3 is 15.0 Å².